The maximum Gasteiger partial charge on any atom is 0.200 e. The van der Waals surface area contributed by atoms with Gasteiger partial charge in [0.1, 0.15) is 17.5 Å². The highest BCUT2D eigenvalue weighted by Crippen LogP contribution is 2.40. The number of nitriles is 1. The second-order valence-corrected chi connectivity index (χ2v) is 7.75. The van der Waals surface area contributed by atoms with Crippen molar-refractivity contribution in [2.45, 2.75) is 11.7 Å². The summed E-state index contributed by atoms with van der Waals surface area (Å²) in [5, 5.41) is 18.7. The molecule has 156 valence electrons. The quantitative estimate of drug-likeness (QED) is 0.242. The van der Waals surface area contributed by atoms with Gasteiger partial charge in [0.2, 0.25) is 5.82 Å². The number of anilines is 2. The summed E-state index contributed by atoms with van der Waals surface area (Å²) in [4.78, 5) is 16.8. The number of ketones is 1. The van der Waals surface area contributed by atoms with Crippen LogP contribution < -0.4 is 9.80 Å². The van der Waals surface area contributed by atoms with Crippen LogP contribution in [0.3, 0.4) is 0 Å². The van der Waals surface area contributed by atoms with Crippen LogP contribution in [0, 0.1) is 11.3 Å². The topological polar surface area (TPSA) is 91.2 Å². The van der Waals surface area contributed by atoms with Gasteiger partial charge in [0.05, 0.1) is 23.4 Å². The number of para-hydroxylation sites is 2. The van der Waals surface area contributed by atoms with Crippen LogP contribution in [0.4, 0.5) is 11.4 Å². The number of furan rings is 1. The molecule has 3 heterocycles. The van der Waals surface area contributed by atoms with E-state index in [4.69, 9.17) is 4.42 Å². The first-order valence-electron chi connectivity index (χ1n) is 9.51. The Labute approximate surface area is 184 Å². The molecular weight excluding hydrogens is 412 g/mol. The van der Waals surface area contributed by atoms with Crippen molar-refractivity contribution in [1.82, 2.24) is 14.8 Å². The van der Waals surface area contributed by atoms with Gasteiger partial charge in [0.15, 0.2) is 16.7 Å². The molecule has 2 aromatic heterocycles. The van der Waals surface area contributed by atoms with Crippen molar-refractivity contribution < 1.29 is 9.21 Å². The Morgan fingerprint density at radius 2 is 1.90 bits per heavy atom. The van der Waals surface area contributed by atoms with E-state index in [1.54, 1.807) is 24.5 Å². The number of hydrogen-bond acceptors (Lipinski definition) is 8. The molecule has 31 heavy (non-hydrogen) atoms. The summed E-state index contributed by atoms with van der Waals surface area (Å²) in [5.74, 6) is 1.49. The minimum Gasteiger partial charge on any atom is -0.461 e. The van der Waals surface area contributed by atoms with Gasteiger partial charge in [-0.1, -0.05) is 30.0 Å². The lowest BCUT2D eigenvalue weighted by molar-refractivity contribution is -0.112. The second kappa shape index (κ2) is 8.53. The van der Waals surface area contributed by atoms with Crippen molar-refractivity contribution in [3.63, 3.8) is 0 Å². The Hall–Kier alpha value is -3.77. The lowest BCUT2D eigenvalue weighted by Gasteiger charge is -2.19. The number of Topliss-reactive ketones (excluding diaryl/α,β-unsaturated/α-hetero) is 1. The fraction of sp³-hybridized carbons (Fsp3) is 0.182. The van der Waals surface area contributed by atoms with E-state index in [-0.39, 0.29) is 17.1 Å². The van der Waals surface area contributed by atoms with Crippen molar-refractivity contribution >= 4 is 28.9 Å². The highest BCUT2D eigenvalue weighted by atomic mass is 32.2. The highest BCUT2D eigenvalue weighted by Gasteiger charge is 2.31. The lowest BCUT2D eigenvalue weighted by atomic mass is 10.2. The van der Waals surface area contributed by atoms with Crippen molar-refractivity contribution in [3.05, 3.63) is 66.7 Å². The zero-order valence-electron chi connectivity index (χ0n) is 17.1. The number of carbonyl (C=O) groups is 1. The SMILES string of the molecule is C=CCn1c(SCC(=O)C(C#N)=C2N(C)c3ccccc3N2C)nnc1-c1ccco1. The first kappa shape index (κ1) is 20.5. The van der Waals surface area contributed by atoms with E-state index < -0.39 is 0 Å². The Bertz CT molecular complexity index is 1170. The summed E-state index contributed by atoms with van der Waals surface area (Å²) in [6.45, 7) is 4.24. The Balaban J connectivity index is 1.59. The molecule has 0 fully saturated rings. The number of benzene rings is 1. The molecule has 0 saturated heterocycles. The Morgan fingerprint density at radius 1 is 1.19 bits per heavy atom. The molecule has 0 amide bonds. The summed E-state index contributed by atoms with van der Waals surface area (Å²) in [7, 11) is 3.71. The van der Waals surface area contributed by atoms with E-state index in [0.717, 1.165) is 11.4 Å². The largest absolute Gasteiger partial charge is 0.461 e. The molecule has 1 aliphatic heterocycles. The van der Waals surface area contributed by atoms with Gasteiger partial charge in [-0.3, -0.25) is 9.36 Å². The minimum absolute atomic E-state index is 0.0534. The molecule has 4 rings (SSSR count). The molecule has 0 spiro atoms. The van der Waals surface area contributed by atoms with Gasteiger partial charge in [-0.2, -0.15) is 5.26 Å². The van der Waals surface area contributed by atoms with E-state index in [1.165, 1.54) is 11.8 Å². The van der Waals surface area contributed by atoms with Crippen molar-refractivity contribution in [2.24, 2.45) is 0 Å². The zero-order chi connectivity index (χ0) is 22.0. The first-order valence-corrected chi connectivity index (χ1v) is 10.5. The highest BCUT2D eigenvalue weighted by molar-refractivity contribution is 7.99. The molecule has 0 radical (unpaired) electrons. The molecule has 0 unspecified atom stereocenters. The van der Waals surface area contributed by atoms with E-state index in [2.05, 4.69) is 22.8 Å². The standard InChI is InChI=1S/C22H20N6O2S/c1-4-11-28-20(19-10-7-12-30-19)24-25-22(28)31-14-18(29)15(13-23)21-26(2)16-8-5-6-9-17(16)27(21)3/h4-10,12H,1,11,14H2,2-3H3. The van der Waals surface area contributed by atoms with Crippen LogP contribution in [-0.4, -0.2) is 40.4 Å². The molecule has 9 heteroatoms. The second-order valence-electron chi connectivity index (χ2n) is 6.81. The van der Waals surface area contributed by atoms with Gasteiger partial charge in [0, 0.05) is 20.6 Å². The molecule has 0 bridgehead atoms. The normalized spacial score (nSPS) is 12.6. The Kier molecular flexibility index (Phi) is 5.64. The smallest absolute Gasteiger partial charge is 0.200 e. The average Bonchev–Trinajstić information content (AvgIpc) is 3.49. The van der Waals surface area contributed by atoms with Crippen LogP contribution in [0.2, 0.25) is 0 Å². The fourth-order valence-corrected chi connectivity index (χ4v) is 4.36. The van der Waals surface area contributed by atoms with Gasteiger partial charge in [-0.25, -0.2) is 0 Å². The molecule has 1 aromatic carbocycles. The summed E-state index contributed by atoms with van der Waals surface area (Å²) in [6.07, 6.45) is 3.29. The van der Waals surface area contributed by atoms with Crippen LogP contribution in [0.5, 0.6) is 0 Å². The molecular formula is C22H20N6O2S. The van der Waals surface area contributed by atoms with Gasteiger partial charge in [0.25, 0.3) is 0 Å². The van der Waals surface area contributed by atoms with Crippen LogP contribution in [0.15, 0.2) is 76.3 Å². The summed E-state index contributed by atoms with van der Waals surface area (Å²) in [6, 6.07) is 13.5. The van der Waals surface area contributed by atoms with Gasteiger partial charge >= 0.3 is 0 Å². The molecule has 1 aliphatic rings. The molecule has 0 N–H and O–H groups in total. The van der Waals surface area contributed by atoms with Crippen LogP contribution >= 0.6 is 11.8 Å². The minimum atomic E-state index is -0.276. The van der Waals surface area contributed by atoms with Gasteiger partial charge in [-0.05, 0) is 24.3 Å². The fourth-order valence-electron chi connectivity index (χ4n) is 3.54. The van der Waals surface area contributed by atoms with E-state index in [0.29, 0.717) is 29.1 Å². The average molecular weight is 433 g/mol. The molecule has 3 aromatic rings. The molecule has 0 aliphatic carbocycles. The van der Waals surface area contributed by atoms with Crippen molar-refractivity contribution in [2.75, 3.05) is 29.6 Å². The summed E-state index contributed by atoms with van der Waals surface area (Å²) in [5.41, 5.74) is 2.00. The third-order valence-electron chi connectivity index (χ3n) is 4.96. The maximum absolute atomic E-state index is 13.0. The predicted octanol–water partition coefficient (Wildman–Crippen LogP) is 3.71. The van der Waals surface area contributed by atoms with Crippen molar-refractivity contribution in [3.8, 4) is 17.7 Å². The predicted molar refractivity (Wildman–Crippen MR) is 120 cm³/mol. The van der Waals surface area contributed by atoms with E-state index in [9.17, 15) is 10.1 Å². The van der Waals surface area contributed by atoms with Crippen LogP contribution in [0.1, 0.15) is 0 Å². The van der Waals surface area contributed by atoms with Gasteiger partial charge in [-0.15, -0.1) is 16.8 Å². The number of allylic oxidation sites excluding steroid dienone is 2. The zero-order valence-corrected chi connectivity index (χ0v) is 18.0. The first-order chi connectivity index (χ1) is 15.1. The van der Waals surface area contributed by atoms with Crippen LogP contribution in [-0.2, 0) is 11.3 Å². The number of rotatable bonds is 7. The number of aromatic nitrogens is 3. The van der Waals surface area contributed by atoms with E-state index >= 15 is 0 Å². The summed E-state index contributed by atoms with van der Waals surface area (Å²) < 4.78 is 7.25. The number of nitrogens with zero attached hydrogens (tertiary/aromatic N) is 6. The molecule has 0 saturated carbocycles. The van der Waals surface area contributed by atoms with E-state index in [1.807, 2.05) is 52.7 Å². The molecule has 8 nitrogen and oxygen atoms in total. The van der Waals surface area contributed by atoms with Crippen LogP contribution in [0.25, 0.3) is 11.6 Å². The lowest BCUT2D eigenvalue weighted by Crippen LogP contribution is -2.26. The number of thioether (sulfide) groups is 1. The number of carbonyl (C=O) groups excluding carboxylic acids is 1. The third kappa shape index (κ3) is 3.62. The number of fused-ring (bicyclic) bond motifs is 1. The number of hydrogen-bond donors (Lipinski definition) is 0. The Morgan fingerprint density at radius 3 is 2.48 bits per heavy atom. The molecule has 0 atom stereocenters. The van der Waals surface area contributed by atoms with Crippen molar-refractivity contribution in [1.29, 1.82) is 5.26 Å². The maximum atomic E-state index is 13.0. The monoisotopic (exact) mass is 432 g/mol. The van der Waals surface area contributed by atoms with Gasteiger partial charge < -0.3 is 14.2 Å². The third-order valence-corrected chi connectivity index (χ3v) is 5.92. The summed E-state index contributed by atoms with van der Waals surface area (Å²) >= 11 is 1.23.